The first-order chi connectivity index (χ1) is 8.36. The Labute approximate surface area is 106 Å². The fraction of sp³-hybridized carbons (Fsp3) is 0.429. The van der Waals surface area contributed by atoms with Gasteiger partial charge in [0, 0.05) is 22.7 Å². The lowest BCUT2D eigenvalue weighted by Crippen LogP contribution is -2.29. The first-order valence-corrected chi connectivity index (χ1v) is 7.23. The van der Waals surface area contributed by atoms with Crippen molar-refractivity contribution >= 4 is 22.7 Å². The van der Waals surface area contributed by atoms with Crippen molar-refractivity contribution in [1.29, 1.82) is 0 Å². The first kappa shape index (κ1) is 11.2. The van der Waals surface area contributed by atoms with E-state index in [9.17, 15) is 0 Å². The van der Waals surface area contributed by atoms with E-state index < -0.39 is 0 Å². The van der Waals surface area contributed by atoms with E-state index in [1.807, 2.05) is 11.8 Å². The van der Waals surface area contributed by atoms with Gasteiger partial charge in [-0.3, -0.25) is 0 Å². The molecule has 0 amide bonds. The third-order valence-electron chi connectivity index (χ3n) is 3.49. The molecule has 1 saturated carbocycles. The molecule has 2 N–H and O–H groups in total. The van der Waals surface area contributed by atoms with E-state index in [4.69, 9.17) is 0 Å². The van der Waals surface area contributed by atoms with Crippen molar-refractivity contribution in [2.75, 3.05) is 12.8 Å². The summed E-state index contributed by atoms with van der Waals surface area (Å²) in [6.07, 6.45) is 2.80. The minimum Gasteiger partial charge on any atom is -0.350 e. The highest BCUT2D eigenvalue weighted by Gasteiger charge is 2.29. The van der Waals surface area contributed by atoms with Gasteiger partial charge in [-0.15, -0.1) is 11.8 Å². The van der Waals surface area contributed by atoms with E-state index in [0.717, 1.165) is 11.7 Å². The maximum atomic E-state index is 3.47. The highest BCUT2D eigenvalue weighted by molar-refractivity contribution is 7.99. The lowest BCUT2D eigenvalue weighted by Gasteiger charge is -2.13. The Morgan fingerprint density at radius 3 is 2.94 bits per heavy atom. The number of nitrogens with one attached hydrogen (secondary N) is 2. The second-order valence-corrected chi connectivity index (χ2v) is 5.83. The second-order valence-electron chi connectivity index (χ2n) is 4.76. The van der Waals surface area contributed by atoms with Gasteiger partial charge < -0.3 is 10.3 Å². The van der Waals surface area contributed by atoms with Gasteiger partial charge in [-0.1, -0.05) is 18.2 Å². The van der Waals surface area contributed by atoms with E-state index in [1.165, 1.54) is 28.8 Å². The van der Waals surface area contributed by atoms with Gasteiger partial charge in [0.15, 0.2) is 0 Å². The van der Waals surface area contributed by atoms with Crippen molar-refractivity contribution in [3.8, 4) is 0 Å². The van der Waals surface area contributed by atoms with Gasteiger partial charge in [-0.2, -0.15) is 0 Å². The molecular formula is C14H18N2S. The number of rotatable bonds is 5. The molecule has 0 radical (unpaired) electrons. The number of aromatic nitrogens is 1. The quantitative estimate of drug-likeness (QED) is 0.793. The van der Waals surface area contributed by atoms with Gasteiger partial charge in [0.2, 0.25) is 0 Å². The predicted molar refractivity (Wildman–Crippen MR) is 74.6 cm³/mol. The summed E-state index contributed by atoms with van der Waals surface area (Å²) in [5.74, 6) is 2.07. The Morgan fingerprint density at radius 2 is 2.24 bits per heavy atom. The SMILES string of the molecule is CNC(CSc1cc2ccccc2[nH]1)C1CC1. The van der Waals surface area contributed by atoms with E-state index >= 15 is 0 Å². The van der Waals surface area contributed by atoms with Crippen molar-refractivity contribution in [2.24, 2.45) is 5.92 Å². The Kier molecular flexibility index (Phi) is 3.12. The molecule has 1 unspecified atom stereocenters. The molecule has 0 saturated heterocycles. The molecule has 3 rings (SSSR count). The Balaban J connectivity index is 1.67. The topological polar surface area (TPSA) is 27.8 Å². The smallest absolute Gasteiger partial charge is 0.0733 e. The number of para-hydroxylation sites is 1. The minimum atomic E-state index is 0.673. The van der Waals surface area contributed by atoms with Crippen LogP contribution in [0.4, 0.5) is 0 Å². The molecule has 0 bridgehead atoms. The van der Waals surface area contributed by atoms with Crippen LogP contribution in [0.25, 0.3) is 10.9 Å². The number of hydrogen-bond donors (Lipinski definition) is 2. The van der Waals surface area contributed by atoms with Crippen LogP contribution in [0.1, 0.15) is 12.8 Å². The van der Waals surface area contributed by atoms with Crippen LogP contribution < -0.4 is 5.32 Å². The molecule has 1 aliphatic rings. The van der Waals surface area contributed by atoms with Crippen LogP contribution in [-0.4, -0.2) is 23.8 Å². The molecule has 0 spiro atoms. The van der Waals surface area contributed by atoms with Gasteiger partial charge in [-0.25, -0.2) is 0 Å². The predicted octanol–water partition coefficient (Wildman–Crippen LogP) is 3.26. The molecule has 1 aromatic carbocycles. The lowest BCUT2D eigenvalue weighted by molar-refractivity contribution is 0.553. The molecule has 1 aliphatic carbocycles. The number of fused-ring (bicyclic) bond motifs is 1. The van der Waals surface area contributed by atoms with Crippen molar-refractivity contribution in [3.63, 3.8) is 0 Å². The van der Waals surface area contributed by atoms with E-state index in [-0.39, 0.29) is 0 Å². The van der Waals surface area contributed by atoms with Gasteiger partial charge >= 0.3 is 0 Å². The molecule has 90 valence electrons. The Hall–Kier alpha value is -0.930. The molecule has 1 aromatic heterocycles. The van der Waals surface area contributed by atoms with Gasteiger partial charge in [-0.05, 0) is 37.9 Å². The fourth-order valence-electron chi connectivity index (χ4n) is 2.26. The van der Waals surface area contributed by atoms with Crippen molar-refractivity contribution in [2.45, 2.75) is 23.9 Å². The molecule has 1 heterocycles. The van der Waals surface area contributed by atoms with E-state index in [2.05, 4.69) is 47.7 Å². The van der Waals surface area contributed by atoms with E-state index in [0.29, 0.717) is 6.04 Å². The third kappa shape index (κ3) is 2.50. The van der Waals surface area contributed by atoms with Crippen LogP contribution in [0, 0.1) is 5.92 Å². The number of aromatic amines is 1. The minimum absolute atomic E-state index is 0.673. The summed E-state index contributed by atoms with van der Waals surface area (Å²) in [6, 6.07) is 11.4. The van der Waals surface area contributed by atoms with Crippen LogP contribution in [0.3, 0.4) is 0 Å². The largest absolute Gasteiger partial charge is 0.350 e. The van der Waals surface area contributed by atoms with Gasteiger partial charge in [0.1, 0.15) is 0 Å². The Morgan fingerprint density at radius 1 is 1.41 bits per heavy atom. The van der Waals surface area contributed by atoms with Crippen LogP contribution in [0.15, 0.2) is 35.4 Å². The van der Waals surface area contributed by atoms with Gasteiger partial charge in [0.05, 0.1) is 5.03 Å². The summed E-state index contributed by atoms with van der Waals surface area (Å²) in [6.45, 7) is 0. The molecule has 2 aromatic rings. The summed E-state index contributed by atoms with van der Waals surface area (Å²) in [7, 11) is 2.08. The summed E-state index contributed by atoms with van der Waals surface area (Å²) in [5, 5.41) is 6.03. The normalized spacial score (nSPS) is 17.5. The average Bonchev–Trinajstić information content (AvgIpc) is 3.09. The van der Waals surface area contributed by atoms with Crippen LogP contribution in [-0.2, 0) is 0 Å². The van der Waals surface area contributed by atoms with Crippen LogP contribution >= 0.6 is 11.8 Å². The maximum Gasteiger partial charge on any atom is 0.0733 e. The van der Waals surface area contributed by atoms with Gasteiger partial charge in [0.25, 0.3) is 0 Å². The molecule has 17 heavy (non-hydrogen) atoms. The molecule has 0 aliphatic heterocycles. The molecule has 1 atom stereocenters. The van der Waals surface area contributed by atoms with Crippen molar-refractivity contribution in [1.82, 2.24) is 10.3 Å². The zero-order valence-electron chi connectivity index (χ0n) is 10.1. The summed E-state index contributed by atoms with van der Waals surface area (Å²) in [5.41, 5.74) is 1.24. The number of benzene rings is 1. The van der Waals surface area contributed by atoms with Crippen LogP contribution in [0.5, 0.6) is 0 Å². The lowest BCUT2D eigenvalue weighted by atomic mass is 10.2. The maximum absolute atomic E-state index is 3.47. The first-order valence-electron chi connectivity index (χ1n) is 6.24. The zero-order valence-corrected chi connectivity index (χ0v) is 10.9. The Bertz CT molecular complexity index is 469. The number of H-pyrrole nitrogens is 1. The highest BCUT2D eigenvalue weighted by atomic mass is 32.2. The number of hydrogen-bond acceptors (Lipinski definition) is 2. The molecule has 1 fully saturated rings. The fourth-order valence-corrected chi connectivity index (χ4v) is 3.45. The van der Waals surface area contributed by atoms with Crippen LogP contribution in [0.2, 0.25) is 0 Å². The highest BCUT2D eigenvalue weighted by Crippen LogP contribution is 2.35. The molecule has 3 heteroatoms. The monoisotopic (exact) mass is 246 g/mol. The summed E-state index contributed by atoms with van der Waals surface area (Å²) >= 11 is 1.93. The summed E-state index contributed by atoms with van der Waals surface area (Å²) in [4.78, 5) is 3.47. The summed E-state index contributed by atoms with van der Waals surface area (Å²) < 4.78 is 0. The van der Waals surface area contributed by atoms with Crippen molar-refractivity contribution in [3.05, 3.63) is 30.3 Å². The van der Waals surface area contributed by atoms with E-state index in [1.54, 1.807) is 0 Å². The third-order valence-corrected chi connectivity index (χ3v) is 4.54. The molecule has 2 nitrogen and oxygen atoms in total. The van der Waals surface area contributed by atoms with Crippen molar-refractivity contribution < 1.29 is 0 Å². The zero-order chi connectivity index (χ0) is 11.7. The molecular weight excluding hydrogens is 228 g/mol. The average molecular weight is 246 g/mol. The standard InChI is InChI=1S/C14H18N2S/c1-15-13(10-6-7-10)9-17-14-8-11-4-2-3-5-12(11)16-14/h2-5,8,10,13,15-16H,6-7,9H2,1H3. The number of thioether (sulfide) groups is 1. The second kappa shape index (κ2) is 4.75.